The molecular formula is C14H16N2O4. The summed E-state index contributed by atoms with van der Waals surface area (Å²) in [6.45, 7) is 2.22. The molecule has 0 saturated carbocycles. The summed E-state index contributed by atoms with van der Waals surface area (Å²) in [5.41, 5.74) is 0.666. The lowest BCUT2D eigenvalue weighted by Crippen LogP contribution is -2.64. The van der Waals surface area contributed by atoms with Crippen molar-refractivity contribution >= 4 is 11.8 Å². The Bertz CT molecular complexity index is 539. The van der Waals surface area contributed by atoms with Gasteiger partial charge in [0.25, 0.3) is 11.8 Å². The molecule has 1 aromatic rings. The van der Waals surface area contributed by atoms with Crippen molar-refractivity contribution in [1.29, 1.82) is 0 Å². The summed E-state index contributed by atoms with van der Waals surface area (Å²) in [6, 6.07) is 6.55. The van der Waals surface area contributed by atoms with Gasteiger partial charge in [-0.25, -0.2) is 0 Å². The average Bonchev–Trinajstić information content (AvgIpc) is 2.70. The lowest BCUT2D eigenvalue weighted by atomic mass is 9.93. The predicted molar refractivity (Wildman–Crippen MR) is 69.9 cm³/mol. The van der Waals surface area contributed by atoms with Gasteiger partial charge < -0.3 is 10.2 Å². The molecule has 2 heterocycles. The number of amides is 2. The molecule has 0 aliphatic carbocycles. The first-order chi connectivity index (χ1) is 9.52. The van der Waals surface area contributed by atoms with E-state index in [0.29, 0.717) is 17.7 Å². The largest absolute Gasteiger partial charge is 0.390 e. The van der Waals surface area contributed by atoms with Crippen LogP contribution in [0.2, 0.25) is 0 Å². The SMILES string of the molecule is C[C@@H]1CN[C@@H](N2C(=O)c3ccccc3C2=O)[C@H](O)[C@@H]1O. The summed E-state index contributed by atoms with van der Waals surface area (Å²) in [4.78, 5) is 25.6. The van der Waals surface area contributed by atoms with E-state index in [1.807, 2.05) is 0 Å². The van der Waals surface area contributed by atoms with Crippen molar-refractivity contribution < 1.29 is 19.8 Å². The van der Waals surface area contributed by atoms with E-state index in [0.717, 1.165) is 4.90 Å². The Morgan fingerprint density at radius 2 is 1.65 bits per heavy atom. The van der Waals surface area contributed by atoms with Gasteiger partial charge in [-0.3, -0.25) is 19.8 Å². The molecule has 106 valence electrons. The highest BCUT2D eigenvalue weighted by atomic mass is 16.3. The van der Waals surface area contributed by atoms with E-state index in [9.17, 15) is 19.8 Å². The molecule has 0 unspecified atom stereocenters. The highest BCUT2D eigenvalue weighted by molar-refractivity contribution is 6.21. The van der Waals surface area contributed by atoms with E-state index in [2.05, 4.69) is 5.32 Å². The molecule has 2 amide bonds. The monoisotopic (exact) mass is 276 g/mol. The van der Waals surface area contributed by atoms with Crippen molar-refractivity contribution in [2.75, 3.05) is 6.54 Å². The summed E-state index contributed by atoms with van der Waals surface area (Å²) >= 11 is 0. The summed E-state index contributed by atoms with van der Waals surface area (Å²) in [5, 5.41) is 23.0. The molecule has 6 nitrogen and oxygen atoms in total. The standard InChI is InChI=1S/C14H16N2O4/c1-7-6-15-12(11(18)10(7)17)16-13(19)8-4-2-3-5-9(8)14(16)20/h2-5,7,10-12,15,17-18H,6H2,1H3/t7-,10-,11-,12+/m1/s1. The van der Waals surface area contributed by atoms with Crippen LogP contribution < -0.4 is 5.32 Å². The number of rotatable bonds is 1. The van der Waals surface area contributed by atoms with Crippen LogP contribution in [0, 0.1) is 5.92 Å². The van der Waals surface area contributed by atoms with Crippen LogP contribution in [0.25, 0.3) is 0 Å². The van der Waals surface area contributed by atoms with Crippen molar-refractivity contribution in [1.82, 2.24) is 10.2 Å². The minimum Gasteiger partial charge on any atom is -0.390 e. The van der Waals surface area contributed by atoms with Crippen LogP contribution in [0.3, 0.4) is 0 Å². The van der Waals surface area contributed by atoms with Crippen LogP contribution in [0.4, 0.5) is 0 Å². The van der Waals surface area contributed by atoms with E-state index in [-0.39, 0.29) is 5.92 Å². The van der Waals surface area contributed by atoms with Gasteiger partial charge in [-0.05, 0) is 18.1 Å². The number of imide groups is 1. The molecular weight excluding hydrogens is 260 g/mol. The van der Waals surface area contributed by atoms with Gasteiger partial charge in [-0.15, -0.1) is 0 Å². The first kappa shape index (κ1) is 13.2. The molecule has 0 aromatic heterocycles. The Kier molecular flexibility index (Phi) is 3.08. The number of hydrogen-bond acceptors (Lipinski definition) is 5. The average molecular weight is 276 g/mol. The summed E-state index contributed by atoms with van der Waals surface area (Å²) < 4.78 is 0. The topological polar surface area (TPSA) is 89.9 Å². The van der Waals surface area contributed by atoms with Crippen LogP contribution in [0.15, 0.2) is 24.3 Å². The number of piperidine rings is 1. The van der Waals surface area contributed by atoms with E-state index in [1.165, 1.54) is 0 Å². The third-order valence-corrected chi connectivity index (χ3v) is 4.01. The third-order valence-electron chi connectivity index (χ3n) is 4.01. The molecule has 1 saturated heterocycles. The zero-order valence-corrected chi connectivity index (χ0v) is 11.0. The van der Waals surface area contributed by atoms with Gasteiger partial charge in [0.2, 0.25) is 0 Å². The van der Waals surface area contributed by atoms with Crippen LogP contribution in [0.1, 0.15) is 27.6 Å². The van der Waals surface area contributed by atoms with Crippen molar-refractivity contribution in [3.8, 4) is 0 Å². The highest BCUT2D eigenvalue weighted by Gasteiger charge is 2.46. The number of aliphatic hydroxyl groups is 2. The Hall–Kier alpha value is -1.76. The van der Waals surface area contributed by atoms with Crippen molar-refractivity contribution in [2.24, 2.45) is 5.92 Å². The zero-order chi connectivity index (χ0) is 14.4. The third kappa shape index (κ3) is 1.76. The first-order valence-corrected chi connectivity index (χ1v) is 6.59. The first-order valence-electron chi connectivity index (χ1n) is 6.59. The molecule has 0 spiro atoms. The van der Waals surface area contributed by atoms with E-state index in [4.69, 9.17) is 0 Å². The summed E-state index contributed by atoms with van der Waals surface area (Å²) in [6.07, 6.45) is -3.06. The van der Waals surface area contributed by atoms with Gasteiger partial charge >= 0.3 is 0 Å². The number of nitrogens with zero attached hydrogens (tertiary/aromatic N) is 1. The lowest BCUT2D eigenvalue weighted by Gasteiger charge is -2.40. The second kappa shape index (κ2) is 4.66. The number of carbonyl (C=O) groups excluding carboxylic acids is 2. The van der Waals surface area contributed by atoms with Gasteiger partial charge in [0.15, 0.2) is 0 Å². The molecule has 3 rings (SSSR count). The maximum atomic E-state index is 12.3. The Labute approximate surface area is 116 Å². The van der Waals surface area contributed by atoms with Crippen molar-refractivity contribution in [3.63, 3.8) is 0 Å². The fourth-order valence-electron chi connectivity index (χ4n) is 2.78. The van der Waals surface area contributed by atoms with Crippen LogP contribution >= 0.6 is 0 Å². The molecule has 0 radical (unpaired) electrons. The minimum atomic E-state index is -1.19. The van der Waals surface area contributed by atoms with Gasteiger partial charge in [0, 0.05) is 6.54 Å². The molecule has 6 heteroatoms. The maximum Gasteiger partial charge on any atom is 0.262 e. The normalized spacial score (nSPS) is 33.5. The van der Waals surface area contributed by atoms with Crippen LogP contribution in [0.5, 0.6) is 0 Å². The molecule has 1 aromatic carbocycles. The van der Waals surface area contributed by atoms with Crippen molar-refractivity contribution in [2.45, 2.75) is 25.3 Å². The second-order valence-corrected chi connectivity index (χ2v) is 5.34. The Balaban J connectivity index is 1.93. The Morgan fingerprint density at radius 1 is 1.10 bits per heavy atom. The second-order valence-electron chi connectivity index (χ2n) is 5.34. The fraction of sp³-hybridized carbons (Fsp3) is 0.429. The van der Waals surface area contributed by atoms with Gasteiger partial charge in [0.1, 0.15) is 12.3 Å². The van der Waals surface area contributed by atoms with E-state index >= 15 is 0 Å². The summed E-state index contributed by atoms with van der Waals surface area (Å²) in [5.74, 6) is -1.02. The van der Waals surface area contributed by atoms with Gasteiger partial charge in [-0.2, -0.15) is 0 Å². The molecule has 2 aliphatic rings. The number of aliphatic hydroxyl groups excluding tert-OH is 2. The molecule has 3 N–H and O–H groups in total. The molecule has 20 heavy (non-hydrogen) atoms. The van der Waals surface area contributed by atoms with E-state index < -0.39 is 30.2 Å². The number of hydrogen-bond donors (Lipinski definition) is 3. The summed E-state index contributed by atoms with van der Waals surface area (Å²) in [7, 11) is 0. The number of fused-ring (bicyclic) bond motifs is 1. The Morgan fingerprint density at radius 3 is 2.20 bits per heavy atom. The van der Waals surface area contributed by atoms with Gasteiger partial charge in [0.05, 0.1) is 17.2 Å². The molecule has 0 bridgehead atoms. The fourth-order valence-corrected chi connectivity index (χ4v) is 2.78. The zero-order valence-electron chi connectivity index (χ0n) is 11.0. The van der Waals surface area contributed by atoms with Gasteiger partial charge in [-0.1, -0.05) is 19.1 Å². The van der Waals surface area contributed by atoms with E-state index in [1.54, 1.807) is 31.2 Å². The number of benzene rings is 1. The number of nitrogens with one attached hydrogen (secondary N) is 1. The number of carbonyl (C=O) groups is 2. The quantitative estimate of drug-likeness (QED) is 0.606. The molecule has 1 fully saturated rings. The lowest BCUT2D eigenvalue weighted by molar-refractivity contribution is -0.0794. The molecule has 2 aliphatic heterocycles. The highest BCUT2D eigenvalue weighted by Crippen LogP contribution is 2.27. The smallest absolute Gasteiger partial charge is 0.262 e. The molecule has 4 atom stereocenters. The van der Waals surface area contributed by atoms with Crippen molar-refractivity contribution in [3.05, 3.63) is 35.4 Å². The minimum absolute atomic E-state index is 0.142. The van der Waals surface area contributed by atoms with Crippen LogP contribution in [-0.2, 0) is 0 Å². The van der Waals surface area contributed by atoms with Crippen LogP contribution in [-0.4, -0.2) is 51.8 Å². The maximum absolute atomic E-state index is 12.3. The predicted octanol–water partition coefficient (Wildman–Crippen LogP) is -0.430.